The predicted molar refractivity (Wildman–Crippen MR) is 121 cm³/mol. The highest BCUT2D eigenvalue weighted by Gasteiger charge is 2.31. The number of ether oxygens (including phenoxy) is 2. The molecule has 0 aromatic heterocycles. The number of benzene rings is 1. The summed E-state index contributed by atoms with van der Waals surface area (Å²) in [7, 11) is -4.42. The summed E-state index contributed by atoms with van der Waals surface area (Å²) in [5.41, 5.74) is 0.497. The maximum atomic E-state index is 12.5. The summed E-state index contributed by atoms with van der Waals surface area (Å²) in [6, 6.07) is 3.74. The van der Waals surface area contributed by atoms with E-state index in [0.717, 1.165) is 10.7 Å². The van der Waals surface area contributed by atoms with Gasteiger partial charge in [0, 0.05) is 10.7 Å². The number of rotatable bonds is 6. The lowest BCUT2D eigenvalue weighted by atomic mass is 9.87. The molecule has 0 bridgehead atoms. The minimum atomic E-state index is -4.42. The van der Waals surface area contributed by atoms with Crippen molar-refractivity contribution in [2.45, 2.75) is 31.8 Å². The summed E-state index contributed by atoms with van der Waals surface area (Å²) in [6.45, 7) is -0.454. The number of carbonyl (C=O) groups excluding carboxylic acids is 2. The Kier molecular flexibility index (Phi) is 9.01. The van der Waals surface area contributed by atoms with Gasteiger partial charge in [-0.25, -0.2) is 13.2 Å². The van der Waals surface area contributed by atoms with Crippen LogP contribution in [-0.2, 0) is 24.4 Å². The minimum Gasteiger partial charge on any atom is -0.748 e. The Bertz CT molecular complexity index is 826. The van der Waals surface area contributed by atoms with Crippen molar-refractivity contribution in [3.63, 3.8) is 0 Å². The maximum Gasteiger partial charge on any atom is 0.339 e. The fourth-order valence-electron chi connectivity index (χ4n) is 2.75. The van der Waals surface area contributed by atoms with E-state index in [-0.39, 0.29) is 0 Å². The second-order valence-corrected chi connectivity index (χ2v) is 11.1. The summed E-state index contributed by atoms with van der Waals surface area (Å²) in [4.78, 5) is 24.6. The van der Waals surface area contributed by atoms with Crippen LogP contribution in [0.15, 0.2) is 12.1 Å². The Hall–Kier alpha value is 0.260. The minimum absolute atomic E-state index is 0.326. The zero-order valence-electron chi connectivity index (χ0n) is 14.0. The predicted octanol–water partition coefficient (Wildman–Crippen LogP) is 3.30. The quantitative estimate of drug-likeness (QED) is 0.191. The van der Waals surface area contributed by atoms with Crippen molar-refractivity contribution in [2.75, 3.05) is 12.4 Å². The number of hydrogen-bond acceptors (Lipinski definition) is 7. The zero-order chi connectivity index (χ0) is 20.2. The van der Waals surface area contributed by atoms with Crippen LogP contribution in [0.5, 0.6) is 0 Å². The Morgan fingerprint density at radius 2 is 1.89 bits per heavy atom. The molecule has 1 aromatic carbocycles. The molecule has 0 radical (unpaired) electrons. The van der Waals surface area contributed by atoms with Crippen LogP contribution in [0.3, 0.4) is 0 Å². The van der Waals surface area contributed by atoms with E-state index in [4.69, 9.17) is 9.47 Å². The molecule has 2 unspecified atom stereocenters. The number of halogens is 3. The molecule has 0 amide bonds. The van der Waals surface area contributed by atoms with Crippen LogP contribution in [0.4, 0.5) is 0 Å². The Morgan fingerprint density at radius 1 is 1.19 bits per heavy atom. The van der Waals surface area contributed by atoms with E-state index in [1.54, 1.807) is 6.07 Å². The van der Waals surface area contributed by atoms with Gasteiger partial charge in [0.25, 0.3) is 0 Å². The van der Waals surface area contributed by atoms with E-state index >= 15 is 0 Å². The molecule has 2 atom stereocenters. The molecule has 0 N–H and O–H groups in total. The van der Waals surface area contributed by atoms with Gasteiger partial charge in [-0.2, -0.15) is 0 Å². The first-order valence-electron chi connectivity index (χ1n) is 8.02. The van der Waals surface area contributed by atoms with Gasteiger partial charge in [0.2, 0.25) is 0 Å². The van der Waals surface area contributed by atoms with Crippen molar-refractivity contribution in [1.29, 1.82) is 0 Å². The van der Waals surface area contributed by atoms with Crippen molar-refractivity contribution in [1.82, 2.24) is 0 Å². The summed E-state index contributed by atoms with van der Waals surface area (Å²) >= 11 is 6.41. The molecule has 1 aliphatic rings. The van der Waals surface area contributed by atoms with Crippen LogP contribution in [-0.4, -0.2) is 43.4 Å². The van der Waals surface area contributed by atoms with E-state index < -0.39 is 46.4 Å². The first kappa shape index (κ1) is 23.5. The zero-order valence-corrected chi connectivity index (χ0v) is 21.2. The van der Waals surface area contributed by atoms with Crippen LogP contribution in [0.2, 0.25) is 0 Å². The van der Waals surface area contributed by atoms with E-state index in [1.165, 1.54) is 0 Å². The fraction of sp³-hybridized carbons (Fsp3) is 0.500. The third kappa shape index (κ3) is 7.54. The molecule has 1 aromatic rings. The molecule has 1 saturated carbocycles. The molecule has 11 heteroatoms. The van der Waals surface area contributed by atoms with Gasteiger partial charge in [0.1, 0.15) is 12.7 Å². The third-order valence-corrected chi connectivity index (χ3v) is 8.36. The smallest absolute Gasteiger partial charge is 0.339 e. The summed E-state index contributed by atoms with van der Waals surface area (Å²) in [6.07, 6.45) is 1.85. The average molecular weight is 733 g/mol. The Labute approximate surface area is 198 Å². The van der Waals surface area contributed by atoms with Gasteiger partial charge in [-0.05, 0) is 106 Å². The van der Waals surface area contributed by atoms with Gasteiger partial charge in [0.05, 0.1) is 27.4 Å². The molecule has 1 aliphatic carbocycles. The Morgan fingerprint density at radius 3 is 2.56 bits per heavy atom. The van der Waals surface area contributed by atoms with Gasteiger partial charge in [0.15, 0.2) is 0 Å². The lowest BCUT2D eigenvalue weighted by Crippen LogP contribution is -2.31. The molecule has 0 heterocycles. The Balaban J connectivity index is 1.94. The maximum absolute atomic E-state index is 12.5. The highest BCUT2D eigenvalue weighted by atomic mass is 127. The third-order valence-electron chi connectivity index (χ3n) is 4.02. The highest BCUT2D eigenvalue weighted by Crippen LogP contribution is 2.29. The molecular formula is C16H16I3O7S-. The fourth-order valence-corrected chi connectivity index (χ4v) is 5.41. The summed E-state index contributed by atoms with van der Waals surface area (Å²) in [5, 5.41) is 0. The molecule has 27 heavy (non-hydrogen) atoms. The van der Waals surface area contributed by atoms with E-state index in [9.17, 15) is 22.6 Å². The molecule has 7 nitrogen and oxygen atoms in total. The molecular weight excluding hydrogens is 717 g/mol. The van der Waals surface area contributed by atoms with Crippen LogP contribution < -0.4 is 0 Å². The van der Waals surface area contributed by atoms with Gasteiger partial charge < -0.3 is 14.0 Å². The van der Waals surface area contributed by atoms with Gasteiger partial charge in [-0.15, -0.1) is 0 Å². The molecule has 150 valence electrons. The second-order valence-electron chi connectivity index (χ2n) is 6.07. The standard InChI is InChI=1S/C16H17I3O7S/c17-10-7-12(14(19)13(18)8-10)16(21)26-11-3-1-2-9(6-11)15(20)25-4-5-27(22,23)24/h7-9,11H,1-6H2,(H,22,23,24)/p-1. The molecule has 1 fully saturated rings. The van der Waals surface area contributed by atoms with Crippen LogP contribution in [0.25, 0.3) is 0 Å². The highest BCUT2D eigenvalue weighted by molar-refractivity contribution is 14.1. The molecule has 2 rings (SSSR count). The van der Waals surface area contributed by atoms with Crippen LogP contribution >= 0.6 is 67.8 Å². The summed E-state index contributed by atoms with van der Waals surface area (Å²) < 4.78 is 44.9. The normalized spacial score (nSPS) is 20.1. The van der Waals surface area contributed by atoms with E-state index in [2.05, 4.69) is 67.8 Å². The topological polar surface area (TPSA) is 110 Å². The van der Waals surface area contributed by atoms with Crippen LogP contribution in [0, 0.1) is 16.6 Å². The number of hydrogen-bond donors (Lipinski definition) is 0. The molecule has 0 saturated heterocycles. The number of esters is 2. The van der Waals surface area contributed by atoms with E-state index in [0.29, 0.717) is 31.2 Å². The lowest BCUT2D eigenvalue weighted by Gasteiger charge is -2.28. The second kappa shape index (κ2) is 10.3. The van der Waals surface area contributed by atoms with Crippen molar-refractivity contribution in [3.05, 3.63) is 28.4 Å². The SMILES string of the molecule is O=C(OC1CCCC(C(=O)OCCS(=O)(=O)[O-])C1)c1cc(I)cc(I)c1I. The number of carbonyl (C=O) groups is 2. The van der Waals surface area contributed by atoms with Crippen LogP contribution in [0.1, 0.15) is 36.0 Å². The van der Waals surface area contributed by atoms with Crippen molar-refractivity contribution in [3.8, 4) is 0 Å². The first-order valence-corrected chi connectivity index (χ1v) is 12.8. The summed E-state index contributed by atoms with van der Waals surface area (Å²) in [5.74, 6) is -2.20. The van der Waals surface area contributed by atoms with Gasteiger partial charge in [-0.1, -0.05) is 0 Å². The van der Waals surface area contributed by atoms with Crippen molar-refractivity contribution < 1.29 is 32.0 Å². The van der Waals surface area contributed by atoms with E-state index in [1.807, 2.05) is 6.07 Å². The van der Waals surface area contributed by atoms with Crippen molar-refractivity contribution >= 4 is 89.8 Å². The largest absolute Gasteiger partial charge is 0.748 e. The van der Waals surface area contributed by atoms with Gasteiger partial charge in [-0.3, -0.25) is 4.79 Å². The molecule has 0 aliphatic heterocycles. The van der Waals surface area contributed by atoms with Gasteiger partial charge >= 0.3 is 11.9 Å². The van der Waals surface area contributed by atoms with Crippen molar-refractivity contribution in [2.24, 2.45) is 5.92 Å². The monoisotopic (exact) mass is 733 g/mol. The first-order chi connectivity index (χ1) is 12.6. The lowest BCUT2D eigenvalue weighted by molar-refractivity contribution is -0.150. The average Bonchev–Trinajstić information content (AvgIpc) is 2.57. The molecule has 0 spiro atoms.